The molecule has 1 aromatic carbocycles. The molecule has 0 aromatic heterocycles. The van der Waals surface area contributed by atoms with Crippen molar-refractivity contribution in [3.05, 3.63) is 34.9 Å². The Hall–Kier alpha value is -1.06. The van der Waals surface area contributed by atoms with Gasteiger partial charge in [-0.2, -0.15) is 0 Å². The molecule has 0 saturated carbocycles. The van der Waals surface area contributed by atoms with Crippen LogP contribution in [0.15, 0.2) is 24.3 Å². The first-order valence-corrected chi connectivity index (χ1v) is 7.28. The van der Waals surface area contributed by atoms with Crippen molar-refractivity contribution in [2.45, 2.75) is 19.3 Å². The zero-order chi connectivity index (χ0) is 13.7. The first-order valence-electron chi connectivity index (χ1n) is 6.90. The molecule has 2 rings (SSSR count). The van der Waals surface area contributed by atoms with Crippen molar-refractivity contribution >= 4 is 17.5 Å². The van der Waals surface area contributed by atoms with Gasteiger partial charge in [-0.05, 0) is 50.2 Å². The average Bonchev–Trinajstić information content (AvgIpc) is 2.46. The van der Waals surface area contributed by atoms with Gasteiger partial charge < -0.3 is 9.80 Å². The minimum Gasteiger partial charge on any atom is -0.340 e. The molecule has 0 atom stereocenters. The summed E-state index contributed by atoms with van der Waals surface area (Å²) in [6, 6.07) is 7.07. The van der Waals surface area contributed by atoms with Crippen LogP contribution in [0.5, 0.6) is 0 Å². The van der Waals surface area contributed by atoms with Gasteiger partial charge in [-0.3, -0.25) is 4.79 Å². The number of piperidine rings is 1. The summed E-state index contributed by atoms with van der Waals surface area (Å²) in [6.07, 6.45) is 3.92. The van der Waals surface area contributed by atoms with Gasteiger partial charge in [0.1, 0.15) is 0 Å². The van der Waals surface area contributed by atoms with Gasteiger partial charge in [0.2, 0.25) is 0 Å². The van der Waals surface area contributed by atoms with Crippen molar-refractivity contribution in [3.63, 3.8) is 0 Å². The third-order valence-electron chi connectivity index (χ3n) is 3.64. The van der Waals surface area contributed by atoms with E-state index >= 15 is 0 Å². The summed E-state index contributed by atoms with van der Waals surface area (Å²) in [5, 5.41) is 0.660. The average molecular weight is 281 g/mol. The largest absolute Gasteiger partial charge is 0.340 e. The molecule has 0 unspecified atom stereocenters. The number of hydrogen-bond donors (Lipinski definition) is 0. The lowest BCUT2D eigenvalue weighted by atomic mass is 10.1. The van der Waals surface area contributed by atoms with Gasteiger partial charge in [0.25, 0.3) is 5.91 Å². The summed E-state index contributed by atoms with van der Waals surface area (Å²) in [4.78, 5) is 16.4. The number of hydrogen-bond acceptors (Lipinski definition) is 2. The summed E-state index contributed by atoms with van der Waals surface area (Å²) in [5.74, 6) is 0.0636. The molecular weight excluding hydrogens is 260 g/mol. The van der Waals surface area contributed by atoms with Crippen LogP contribution >= 0.6 is 11.6 Å². The van der Waals surface area contributed by atoms with E-state index in [0.29, 0.717) is 10.6 Å². The first kappa shape index (κ1) is 14.4. The highest BCUT2D eigenvalue weighted by Crippen LogP contribution is 2.12. The molecule has 1 heterocycles. The second kappa shape index (κ2) is 6.92. The Bertz CT molecular complexity index is 413. The van der Waals surface area contributed by atoms with E-state index in [1.165, 1.54) is 32.4 Å². The Morgan fingerprint density at radius 3 is 2.47 bits per heavy atom. The predicted octanol–water partition coefficient (Wildman–Crippen LogP) is 2.90. The minimum atomic E-state index is 0.0636. The highest BCUT2D eigenvalue weighted by Gasteiger charge is 2.14. The van der Waals surface area contributed by atoms with Crippen molar-refractivity contribution in [2.24, 2.45) is 0 Å². The van der Waals surface area contributed by atoms with Gasteiger partial charge in [0.15, 0.2) is 0 Å². The van der Waals surface area contributed by atoms with E-state index in [4.69, 9.17) is 11.6 Å². The SMILES string of the molecule is CN(CCN1CCCCC1)C(=O)c1ccc(Cl)cc1. The maximum absolute atomic E-state index is 12.2. The van der Waals surface area contributed by atoms with Crippen LogP contribution in [-0.2, 0) is 0 Å². The van der Waals surface area contributed by atoms with Crippen molar-refractivity contribution in [1.29, 1.82) is 0 Å². The number of carbonyl (C=O) groups excluding carboxylic acids is 1. The zero-order valence-corrected chi connectivity index (χ0v) is 12.2. The fraction of sp³-hybridized carbons (Fsp3) is 0.533. The Labute approximate surface area is 120 Å². The molecular formula is C15H21ClN2O. The van der Waals surface area contributed by atoms with Crippen LogP contribution in [0.4, 0.5) is 0 Å². The molecule has 0 spiro atoms. The number of rotatable bonds is 4. The summed E-state index contributed by atoms with van der Waals surface area (Å²) in [7, 11) is 1.86. The molecule has 1 aliphatic heterocycles. The van der Waals surface area contributed by atoms with Crippen molar-refractivity contribution in [2.75, 3.05) is 33.2 Å². The van der Waals surface area contributed by atoms with Crippen molar-refractivity contribution < 1.29 is 4.79 Å². The van der Waals surface area contributed by atoms with E-state index in [2.05, 4.69) is 4.90 Å². The van der Waals surface area contributed by atoms with Crippen LogP contribution in [0.25, 0.3) is 0 Å². The van der Waals surface area contributed by atoms with Gasteiger partial charge >= 0.3 is 0 Å². The summed E-state index contributed by atoms with van der Waals surface area (Å²) >= 11 is 5.83. The second-order valence-corrected chi connectivity index (χ2v) is 5.57. The molecule has 0 radical (unpaired) electrons. The van der Waals surface area contributed by atoms with E-state index < -0.39 is 0 Å². The van der Waals surface area contributed by atoms with Gasteiger partial charge in [-0.1, -0.05) is 18.0 Å². The van der Waals surface area contributed by atoms with Gasteiger partial charge in [0, 0.05) is 30.7 Å². The summed E-state index contributed by atoms with van der Waals surface area (Å²) in [6.45, 7) is 4.09. The van der Waals surface area contributed by atoms with E-state index in [0.717, 1.165) is 13.1 Å². The molecule has 0 aliphatic carbocycles. The lowest BCUT2D eigenvalue weighted by molar-refractivity contribution is 0.0773. The number of halogens is 1. The Balaban J connectivity index is 1.83. The molecule has 0 N–H and O–H groups in total. The Morgan fingerprint density at radius 2 is 1.84 bits per heavy atom. The third-order valence-corrected chi connectivity index (χ3v) is 3.89. The molecule has 1 amide bonds. The molecule has 104 valence electrons. The fourth-order valence-electron chi connectivity index (χ4n) is 2.39. The topological polar surface area (TPSA) is 23.6 Å². The normalized spacial score (nSPS) is 16.3. The molecule has 3 nitrogen and oxygen atoms in total. The van der Waals surface area contributed by atoms with Crippen LogP contribution in [-0.4, -0.2) is 48.9 Å². The standard InChI is InChI=1S/C15H21ClN2O/c1-17(11-12-18-9-3-2-4-10-18)15(19)13-5-7-14(16)8-6-13/h5-8H,2-4,9-12H2,1H3. The van der Waals surface area contributed by atoms with Crippen LogP contribution in [0.2, 0.25) is 5.02 Å². The Morgan fingerprint density at radius 1 is 1.21 bits per heavy atom. The monoisotopic (exact) mass is 280 g/mol. The van der Waals surface area contributed by atoms with Crippen molar-refractivity contribution in [3.8, 4) is 0 Å². The predicted molar refractivity (Wildman–Crippen MR) is 78.7 cm³/mol. The van der Waals surface area contributed by atoms with E-state index in [1.807, 2.05) is 7.05 Å². The quantitative estimate of drug-likeness (QED) is 0.847. The molecule has 19 heavy (non-hydrogen) atoms. The lowest BCUT2D eigenvalue weighted by Gasteiger charge is -2.28. The van der Waals surface area contributed by atoms with Crippen LogP contribution in [0.1, 0.15) is 29.6 Å². The Kier molecular flexibility index (Phi) is 5.23. The zero-order valence-electron chi connectivity index (χ0n) is 11.4. The molecule has 0 bridgehead atoms. The maximum Gasteiger partial charge on any atom is 0.253 e. The molecule has 1 aliphatic rings. The van der Waals surface area contributed by atoms with Crippen LogP contribution in [0, 0.1) is 0 Å². The minimum absolute atomic E-state index is 0.0636. The molecule has 1 saturated heterocycles. The number of amides is 1. The first-order chi connectivity index (χ1) is 9.16. The molecule has 4 heteroatoms. The van der Waals surface area contributed by atoms with Crippen LogP contribution < -0.4 is 0 Å². The molecule has 1 aromatic rings. The number of likely N-dealkylation sites (N-methyl/N-ethyl adjacent to an activating group) is 1. The maximum atomic E-state index is 12.2. The summed E-state index contributed by atoms with van der Waals surface area (Å²) in [5.41, 5.74) is 0.700. The van der Waals surface area contributed by atoms with Gasteiger partial charge in [0.05, 0.1) is 0 Å². The number of benzene rings is 1. The lowest BCUT2D eigenvalue weighted by Crippen LogP contribution is -2.38. The molecule has 1 fully saturated rings. The van der Waals surface area contributed by atoms with E-state index in [1.54, 1.807) is 29.2 Å². The highest BCUT2D eigenvalue weighted by molar-refractivity contribution is 6.30. The summed E-state index contributed by atoms with van der Waals surface area (Å²) < 4.78 is 0. The number of likely N-dealkylation sites (tertiary alicyclic amines) is 1. The van der Waals surface area contributed by atoms with Crippen LogP contribution in [0.3, 0.4) is 0 Å². The third kappa shape index (κ3) is 4.22. The highest BCUT2D eigenvalue weighted by atomic mass is 35.5. The van der Waals surface area contributed by atoms with E-state index in [-0.39, 0.29) is 5.91 Å². The smallest absolute Gasteiger partial charge is 0.253 e. The fourth-order valence-corrected chi connectivity index (χ4v) is 2.51. The van der Waals surface area contributed by atoms with Gasteiger partial charge in [-0.15, -0.1) is 0 Å². The van der Waals surface area contributed by atoms with Crippen molar-refractivity contribution in [1.82, 2.24) is 9.80 Å². The number of nitrogens with zero attached hydrogens (tertiary/aromatic N) is 2. The van der Waals surface area contributed by atoms with Gasteiger partial charge in [-0.25, -0.2) is 0 Å². The number of carbonyl (C=O) groups is 1. The van der Waals surface area contributed by atoms with E-state index in [9.17, 15) is 4.79 Å². The second-order valence-electron chi connectivity index (χ2n) is 5.14.